The van der Waals surface area contributed by atoms with Gasteiger partial charge < -0.3 is 14.8 Å². The number of hydrogen-bond donors (Lipinski definition) is 1. The highest BCUT2D eigenvalue weighted by Crippen LogP contribution is 2.31. The maximum absolute atomic E-state index is 12.4. The summed E-state index contributed by atoms with van der Waals surface area (Å²) >= 11 is 0. The zero-order valence-corrected chi connectivity index (χ0v) is 15.4. The van der Waals surface area contributed by atoms with E-state index in [9.17, 15) is 9.59 Å². The molecule has 1 N–H and O–H groups in total. The van der Waals surface area contributed by atoms with Crippen LogP contribution in [0.15, 0.2) is 24.3 Å². The first-order valence-corrected chi connectivity index (χ1v) is 9.10. The quantitative estimate of drug-likeness (QED) is 0.697. The number of amides is 1. The third-order valence-corrected chi connectivity index (χ3v) is 4.64. The number of ether oxygens (including phenoxy) is 2. The van der Waals surface area contributed by atoms with E-state index in [1.165, 1.54) is 18.9 Å². The summed E-state index contributed by atoms with van der Waals surface area (Å²) < 4.78 is 11.1. The summed E-state index contributed by atoms with van der Waals surface area (Å²) in [5.74, 6) is -0.0259. The molecule has 0 heterocycles. The van der Waals surface area contributed by atoms with Crippen molar-refractivity contribution >= 4 is 11.9 Å². The summed E-state index contributed by atoms with van der Waals surface area (Å²) in [5, 5.41) is 2.90. The molecule has 2 unspecified atom stereocenters. The van der Waals surface area contributed by atoms with Crippen LogP contribution in [0.3, 0.4) is 0 Å². The number of carbonyl (C=O) groups excluding carboxylic acids is 2. The summed E-state index contributed by atoms with van der Waals surface area (Å²) in [6.45, 7) is 5.87. The standard InChI is InChI=1S/C20H29NO4/c1-4-24-20(23)19(25-13-17-10-8-14(2)9-11-17)18(21-15(3)22)12-16-6-5-7-16/h8-11,16,18-19H,4-7,12-13H2,1-3H3,(H,21,22). The molecule has 0 saturated heterocycles. The SMILES string of the molecule is CCOC(=O)C(OCc1ccc(C)cc1)C(CC1CCC1)NC(C)=O. The second-order valence-corrected chi connectivity index (χ2v) is 6.81. The monoisotopic (exact) mass is 347 g/mol. The lowest BCUT2D eigenvalue weighted by molar-refractivity contribution is -0.160. The minimum Gasteiger partial charge on any atom is -0.464 e. The number of rotatable bonds is 9. The smallest absolute Gasteiger partial charge is 0.337 e. The molecule has 1 aromatic carbocycles. The van der Waals surface area contributed by atoms with Gasteiger partial charge in [-0.15, -0.1) is 0 Å². The first-order chi connectivity index (χ1) is 12.0. The fourth-order valence-electron chi connectivity index (χ4n) is 3.05. The molecule has 5 nitrogen and oxygen atoms in total. The Morgan fingerprint density at radius 3 is 2.44 bits per heavy atom. The fraction of sp³-hybridized carbons (Fsp3) is 0.600. The molecule has 1 aliphatic carbocycles. The Morgan fingerprint density at radius 1 is 1.24 bits per heavy atom. The highest BCUT2D eigenvalue weighted by Gasteiger charge is 2.34. The predicted molar refractivity (Wildman–Crippen MR) is 96.0 cm³/mol. The molecule has 0 radical (unpaired) electrons. The first-order valence-electron chi connectivity index (χ1n) is 9.10. The fourth-order valence-corrected chi connectivity index (χ4v) is 3.05. The highest BCUT2D eigenvalue weighted by atomic mass is 16.6. The Balaban J connectivity index is 2.08. The molecule has 1 amide bonds. The molecule has 0 spiro atoms. The van der Waals surface area contributed by atoms with Crippen LogP contribution in [-0.4, -0.2) is 30.6 Å². The summed E-state index contributed by atoms with van der Waals surface area (Å²) in [7, 11) is 0. The van der Waals surface area contributed by atoms with Crippen LogP contribution >= 0.6 is 0 Å². The van der Waals surface area contributed by atoms with Gasteiger partial charge in [0.2, 0.25) is 5.91 Å². The topological polar surface area (TPSA) is 64.6 Å². The van der Waals surface area contributed by atoms with Gasteiger partial charge in [0, 0.05) is 6.92 Å². The summed E-state index contributed by atoms with van der Waals surface area (Å²) in [4.78, 5) is 24.1. The van der Waals surface area contributed by atoms with E-state index in [0.29, 0.717) is 19.1 Å². The van der Waals surface area contributed by atoms with E-state index in [-0.39, 0.29) is 11.9 Å². The Bertz CT molecular complexity index is 566. The average molecular weight is 347 g/mol. The second-order valence-electron chi connectivity index (χ2n) is 6.81. The minimum absolute atomic E-state index is 0.155. The van der Waals surface area contributed by atoms with Crippen LogP contribution in [0.25, 0.3) is 0 Å². The van der Waals surface area contributed by atoms with Gasteiger partial charge in [0.05, 0.1) is 19.3 Å². The van der Waals surface area contributed by atoms with E-state index in [1.54, 1.807) is 6.92 Å². The van der Waals surface area contributed by atoms with Gasteiger partial charge in [-0.1, -0.05) is 49.1 Å². The van der Waals surface area contributed by atoms with Crippen molar-refractivity contribution in [2.75, 3.05) is 6.61 Å². The zero-order chi connectivity index (χ0) is 18.2. The van der Waals surface area contributed by atoms with Crippen molar-refractivity contribution in [3.8, 4) is 0 Å². The molecule has 1 fully saturated rings. The Hall–Kier alpha value is -1.88. The van der Waals surface area contributed by atoms with Gasteiger partial charge in [-0.25, -0.2) is 4.79 Å². The first kappa shape index (κ1) is 19.4. The summed E-state index contributed by atoms with van der Waals surface area (Å²) in [6, 6.07) is 7.63. The van der Waals surface area contributed by atoms with Crippen LogP contribution in [0.4, 0.5) is 0 Å². The van der Waals surface area contributed by atoms with Crippen LogP contribution in [0, 0.1) is 12.8 Å². The third kappa shape index (κ3) is 6.16. The molecule has 1 aromatic rings. The highest BCUT2D eigenvalue weighted by molar-refractivity contribution is 5.78. The molecule has 0 bridgehead atoms. The van der Waals surface area contributed by atoms with Gasteiger partial charge in [0.15, 0.2) is 6.10 Å². The molecule has 25 heavy (non-hydrogen) atoms. The molecular weight excluding hydrogens is 318 g/mol. The number of aryl methyl sites for hydroxylation is 1. The van der Waals surface area contributed by atoms with Crippen molar-refractivity contribution in [1.82, 2.24) is 5.32 Å². The second kappa shape index (κ2) is 9.56. The van der Waals surface area contributed by atoms with Gasteiger partial charge in [0.25, 0.3) is 0 Å². The van der Waals surface area contributed by atoms with E-state index in [4.69, 9.17) is 9.47 Å². The van der Waals surface area contributed by atoms with Crippen molar-refractivity contribution in [1.29, 1.82) is 0 Å². The lowest BCUT2D eigenvalue weighted by Crippen LogP contribution is -2.49. The largest absolute Gasteiger partial charge is 0.464 e. The van der Waals surface area contributed by atoms with E-state index in [2.05, 4.69) is 5.32 Å². The number of benzene rings is 1. The normalized spacial score (nSPS) is 16.6. The summed E-state index contributed by atoms with van der Waals surface area (Å²) in [5.41, 5.74) is 2.16. The van der Waals surface area contributed by atoms with Crippen LogP contribution in [0.1, 0.15) is 50.7 Å². The van der Waals surface area contributed by atoms with Crippen molar-refractivity contribution in [3.05, 3.63) is 35.4 Å². The van der Waals surface area contributed by atoms with Crippen LogP contribution in [0.5, 0.6) is 0 Å². The molecule has 0 aromatic heterocycles. The van der Waals surface area contributed by atoms with E-state index >= 15 is 0 Å². The van der Waals surface area contributed by atoms with Gasteiger partial charge >= 0.3 is 5.97 Å². The molecule has 5 heteroatoms. The molecule has 1 aliphatic rings. The molecule has 138 valence electrons. The van der Waals surface area contributed by atoms with Crippen molar-refractivity contribution in [2.45, 2.75) is 65.2 Å². The number of esters is 1. The van der Waals surface area contributed by atoms with E-state index in [1.807, 2.05) is 31.2 Å². The molecular formula is C20H29NO4. The lowest BCUT2D eigenvalue weighted by atomic mass is 9.80. The maximum Gasteiger partial charge on any atom is 0.337 e. The number of carbonyl (C=O) groups is 2. The van der Waals surface area contributed by atoms with Crippen LogP contribution in [-0.2, 0) is 25.7 Å². The number of hydrogen-bond acceptors (Lipinski definition) is 4. The van der Waals surface area contributed by atoms with Crippen molar-refractivity contribution in [3.63, 3.8) is 0 Å². The molecule has 2 atom stereocenters. The number of nitrogens with one attached hydrogen (secondary N) is 1. The minimum atomic E-state index is -0.786. The maximum atomic E-state index is 12.4. The van der Waals surface area contributed by atoms with Gasteiger partial charge in [-0.05, 0) is 31.7 Å². The zero-order valence-electron chi connectivity index (χ0n) is 15.4. The van der Waals surface area contributed by atoms with Crippen molar-refractivity contribution in [2.24, 2.45) is 5.92 Å². The third-order valence-electron chi connectivity index (χ3n) is 4.64. The molecule has 0 aliphatic heterocycles. The van der Waals surface area contributed by atoms with Crippen LogP contribution in [0.2, 0.25) is 0 Å². The van der Waals surface area contributed by atoms with Gasteiger partial charge in [-0.3, -0.25) is 4.79 Å². The Kier molecular flexibility index (Phi) is 7.44. The van der Waals surface area contributed by atoms with Gasteiger partial charge in [-0.2, -0.15) is 0 Å². The van der Waals surface area contributed by atoms with E-state index in [0.717, 1.165) is 24.8 Å². The lowest BCUT2D eigenvalue weighted by Gasteiger charge is -2.33. The average Bonchev–Trinajstić information content (AvgIpc) is 2.52. The van der Waals surface area contributed by atoms with E-state index < -0.39 is 12.1 Å². The van der Waals surface area contributed by atoms with Crippen molar-refractivity contribution < 1.29 is 19.1 Å². The molecule has 2 rings (SSSR count). The van der Waals surface area contributed by atoms with Crippen LogP contribution < -0.4 is 5.32 Å². The Morgan fingerprint density at radius 2 is 1.92 bits per heavy atom. The Labute approximate surface area is 150 Å². The van der Waals surface area contributed by atoms with Gasteiger partial charge in [0.1, 0.15) is 0 Å². The predicted octanol–water partition coefficient (Wildman–Crippen LogP) is 3.14. The summed E-state index contributed by atoms with van der Waals surface area (Å²) in [6.07, 6.45) is 3.46. The molecule has 1 saturated carbocycles.